The van der Waals surface area contributed by atoms with Crippen LogP contribution in [0.1, 0.15) is 18.6 Å². The van der Waals surface area contributed by atoms with E-state index < -0.39 is 5.97 Å². The van der Waals surface area contributed by atoms with Gasteiger partial charge in [-0.25, -0.2) is 4.79 Å². The van der Waals surface area contributed by atoms with Crippen LogP contribution >= 0.6 is 23.4 Å². The quantitative estimate of drug-likeness (QED) is 0.489. The summed E-state index contributed by atoms with van der Waals surface area (Å²) in [5.41, 5.74) is 0.845. The van der Waals surface area contributed by atoms with Crippen molar-refractivity contribution in [2.24, 2.45) is 0 Å². The Bertz CT molecular complexity index is 915. The van der Waals surface area contributed by atoms with Crippen molar-refractivity contribution in [1.82, 2.24) is 10.2 Å². The summed E-state index contributed by atoms with van der Waals surface area (Å²) in [5, 5.41) is 17.8. The molecular formula is C17H13ClN2O4S. The summed E-state index contributed by atoms with van der Waals surface area (Å²) in [6.45, 7) is 1.87. The number of furan rings is 1. The highest BCUT2D eigenvalue weighted by Crippen LogP contribution is 2.30. The van der Waals surface area contributed by atoms with E-state index in [1.54, 1.807) is 24.3 Å². The Kier molecular flexibility index (Phi) is 5.25. The van der Waals surface area contributed by atoms with E-state index in [9.17, 15) is 9.90 Å². The highest BCUT2D eigenvalue weighted by molar-refractivity contribution is 8.03. The molecule has 0 aliphatic rings. The SMILES string of the molecule is CCc1nnc(S/C(=C/c2ccc(-c3ccc(Cl)cc3)o2)C(=O)O)o1. The van der Waals surface area contributed by atoms with Crippen LogP contribution in [0.25, 0.3) is 17.4 Å². The van der Waals surface area contributed by atoms with Gasteiger partial charge >= 0.3 is 5.97 Å². The summed E-state index contributed by atoms with van der Waals surface area (Å²) >= 11 is 6.75. The lowest BCUT2D eigenvalue weighted by atomic mass is 10.2. The third kappa shape index (κ3) is 4.32. The summed E-state index contributed by atoms with van der Waals surface area (Å²) in [7, 11) is 0. The van der Waals surface area contributed by atoms with Crippen molar-refractivity contribution in [1.29, 1.82) is 0 Å². The second kappa shape index (κ2) is 7.58. The van der Waals surface area contributed by atoms with Crippen molar-refractivity contribution in [2.45, 2.75) is 18.6 Å². The highest BCUT2D eigenvalue weighted by atomic mass is 35.5. The largest absolute Gasteiger partial charge is 0.477 e. The molecule has 0 fully saturated rings. The van der Waals surface area contributed by atoms with Gasteiger partial charge in [0.25, 0.3) is 5.22 Å². The number of carboxylic acids is 1. The average Bonchev–Trinajstić information content (AvgIpc) is 3.24. The normalized spacial score (nSPS) is 11.7. The molecular weight excluding hydrogens is 364 g/mol. The van der Waals surface area contributed by atoms with Gasteiger partial charge in [-0.15, -0.1) is 10.2 Å². The molecule has 8 heteroatoms. The van der Waals surface area contributed by atoms with E-state index in [4.69, 9.17) is 20.4 Å². The van der Waals surface area contributed by atoms with Gasteiger partial charge in [-0.2, -0.15) is 0 Å². The number of aliphatic carboxylic acids is 1. The van der Waals surface area contributed by atoms with E-state index in [1.165, 1.54) is 6.08 Å². The van der Waals surface area contributed by atoms with Crippen molar-refractivity contribution in [3.63, 3.8) is 0 Å². The first-order valence-electron chi connectivity index (χ1n) is 7.36. The molecule has 0 atom stereocenters. The first-order valence-corrected chi connectivity index (χ1v) is 8.55. The maximum atomic E-state index is 11.5. The fraction of sp³-hybridized carbons (Fsp3) is 0.118. The van der Waals surface area contributed by atoms with E-state index in [0.717, 1.165) is 17.3 Å². The lowest BCUT2D eigenvalue weighted by Gasteiger charge is -1.98. The third-order valence-corrected chi connectivity index (χ3v) is 4.29. The van der Waals surface area contributed by atoms with Gasteiger partial charge in [0.15, 0.2) is 0 Å². The van der Waals surface area contributed by atoms with Crippen LogP contribution in [0.5, 0.6) is 0 Å². The highest BCUT2D eigenvalue weighted by Gasteiger charge is 2.16. The summed E-state index contributed by atoms with van der Waals surface area (Å²) in [5.74, 6) is 0.370. The Balaban J connectivity index is 1.83. The van der Waals surface area contributed by atoms with E-state index in [-0.39, 0.29) is 10.1 Å². The Hall–Kier alpha value is -2.51. The molecule has 3 aromatic rings. The number of rotatable bonds is 6. The second-order valence-electron chi connectivity index (χ2n) is 4.94. The molecule has 1 aromatic carbocycles. The molecule has 0 aliphatic heterocycles. The van der Waals surface area contributed by atoms with E-state index in [1.807, 2.05) is 19.1 Å². The first-order chi connectivity index (χ1) is 12.0. The van der Waals surface area contributed by atoms with Gasteiger partial charge in [-0.05, 0) is 48.2 Å². The molecule has 0 aliphatic carbocycles. The van der Waals surface area contributed by atoms with Crippen molar-refractivity contribution >= 4 is 35.4 Å². The zero-order chi connectivity index (χ0) is 17.8. The summed E-state index contributed by atoms with van der Waals surface area (Å²) in [6, 6.07) is 10.6. The fourth-order valence-electron chi connectivity index (χ4n) is 1.98. The lowest BCUT2D eigenvalue weighted by molar-refractivity contribution is -0.131. The molecule has 3 rings (SSSR count). The van der Waals surface area contributed by atoms with Crippen LogP contribution in [0.4, 0.5) is 0 Å². The minimum Gasteiger partial charge on any atom is -0.477 e. The van der Waals surface area contributed by atoms with Crippen LogP contribution in [-0.4, -0.2) is 21.3 Å². The number of thioether (sulfide) groups is 1. The van der Waals surface area contributed by atoms with Crippen molar-refractivity contribution in [3.05, 3.63) is 58.0 Å². The average molecular weight is 377 g/mol. The number of hydrogen-bond acceptors (Lipinski definition) is 6. The number of aryl methyl sites for hydroxylation is 1. The van der Waals surface area contributed by atoms with Gasteiger partial charge in [-0.1, -0.05) is 18.5 Å². The monoisotopic (exact) mass is 376 g/mol. The minimum atomic E-state index is -1.11. The molecule has 2 aromatic heterocycles. The van der Waals surface area contributed by atoms with Crippen LogP contribution in [-0.2, 0) is 11.2 Å². The summed E-state index contributed by atoms with van der Waals surface area (Å²) < 4.78 is 11.0. The molecule has 0 spiro atoms. The summed E-state index contributed by atoms with van der Waals surface area (Å²) in [6.07, 6.45) is 2.00. The standard InChI is InChI=1S/C17H13ClN2O4S/c1-2-15-19-20-17(24-15)25-14(16(21)22)9-12-7-8-13(23-12)10-3-5-11(18)6-4-10/h3-9H,2H2,1H3,(H,21,22)/b14-9+. The van der Waals surface area contributed by atoms with Crippen LogP contribution in [0.15, 0.2) is 55.4 Å². The minimum absolute atomic E-state index is 0.0170. The molecule has 6 nitrogen and oxygen atoms in total. The molecule has 0 amide bonds. The zero-order valence-corrected chi connectivity index (χ0v) is 14.7. The molecule has 1 N–H and O–H groups in total. The van der Waals surface area contributed by atoms with Gasteiger partial charge in [-0.3, -0.25) is 0 Å². The Labute approximate surface area is 152 Å². The van der Waals surface area contributed by atoms with E-state index in [2.05, 4.69) is 10.2 Å². The van der Waals surface area contributed by atoms with Crippen LogP contribution in [0.2, 0.25) is 5.02 Å². The van der Waals surface area contributed by atoms with Crippen molar-refractivity contribution in [3.8, 4) is 11.3 Å². The maximum Gasteiger partial charge on any atom is 0.342 e. The predicted octanol–water partition coefficient (Wildman–Crippen LogP) is 4.76. The fourth-order valence-corrected chi connectivity index (χ4v) is 2.78. The maximum absolute atomic E-state index is 11.5. The molecule has 0 unspecified atom stereocenters. The van der Waals surface area contributed by atoms with Crippen LogP contribution in [0.3, 0.4) is 0 Å². The number of aromatic nitrogens is 2. The summed E-state index contributed by atoms with van der Waals surface area (Å²) in [4.78, 5) is 11.5. The Morgan fingerprint density at radius 3 is 2.60 bits per heavy atom. The first kappa shape index (κ1) is 17.3. The zero-order valence-electron chi connectivity index (χ0n) is 13.1. The van der Waals surface area contributed by atoms with Crippen molar-refractivity contribution in [2.75, 3.05) is 0 Å². The molecule has 128 valence electrons. The molecule has 0 radical (unpaired) electrons. The second-order valence-corrected chi connectivity index (χ2v) is 6.37. The third-order valence-electron chi connectivity index (χ3n) is 3.19. The topological polar surface area (TPSA) is 89.4 Å². The van der Waals surface area contributed by atoms with Gasteiger partial charge < -0.3 is 13.9 Å². The molecule has 0 saturated heterocycles. The number of benzene rings is 1. The molecule has 0 saturated carbocycles. The molecule has 0 bridgehead atoms. The Morgan fingerprint density at radius 2 is 1.96 bits per heavy atom. The van der Waals surface area contributed by atoms with Crippen molar-refractivity contribution < 1.29 is 18.7 Å². The van der Waals surface area contributed by atoms with Gasteiger partial charge in [0.1, 0.15) is 16.4 Å². The van der Waals surface area contributed by atoms with Crippen LogP contribution in [0, 0.1) is 0 Å². The van der Waals surface area contributed by atoms with E-state index >= 15 is 0 Å². The number of halogens is 1. The number of carboxylic acid groups (broad SMARTS) is 1. The predicted molar refractivity (Wildman–Crippen MR) is 94.3 cm³/mol. The van der Waals surface area contributed by atoms with Crippen LogP contribution < -0.4 is 0 Å². The number of carbonyl (C=O) groups is 1. The van der Waals surface area contributed by atoms with Gasteiger partial charge in [0, 0.05) is 23.1 Å². The van der Waals surface area contributed by atoms with Gasteiger partial charge in [0.2, 0.25) is 5.89 Å². The molecule has 25 heavy (non-hydrogen) atoms. The van der Waals surface area contributed by atoms with E-state index in [0.29, 0.717) is 28.9 Å². The van der Waals surface area contributed by atoms with Gasteiger partial charge in [0.05, 0.1) is 0 Å². The number of nitrogens with zero attached hydrogens (tertiary/aromatic N) is 2. The number of hydrogen-bond donors (Lipinski definition) is 1. The lowest BCUT2D eigenvalue weighted by Crippen LogP contribution is -1.96. The Morgan fingerprint density at radius 1 is 1.20 bits per heavy atom. The smallest absolute Gasteiger partial charge is 0.342 e. The molecule has 2 heterocycles.